The van der Waals surface area contributed by atoms with Crippen molar-refractivity contribution in [1.29, 1.82) is 0 Å². The van der Waals surface area contributed by atoms with Crippen molar-refractivity contribution in [3.63, 3.8) is 0 Å². The van der Waals surface area contributed by atoms with Crippen molar-refractivity contribution in [3.8, 4) is 0 Å². The van der Waals surface area contributed by atoms with Crippen molar-refractivity contribution in [3.05, 3.63) is 0 Å². The minimum Gasteiger partial charge on any atom is -0.468 e. The monoisotopic (exact) mass is 239 g/mol. The molecule has 2 aliphatic carbocycles. The molecule has 2 atom stereocenters. The fraction of sp³-hybridized carbons (Fsp3) is 0.929. The zero-order valence-electron chi connectivity index (χ0n) is 11.1. The van der Waals surface area contributed by atoms with Crippen molar-refractivity contribution < 1.29 is 9.53 Å². The van der Waals surface area contributed by atoms with Gasteiger partial charge in [-0.1, -0.05) is 26.2 Å². The molecule has 0 saturated heterocycles. The second kappa shape index (κ2) is 5.38. The first-order chi connectivity index (χ1) is 8.20. The first kappa shape index (κ1) is 12.9. The summed E-state index contributed by atoms with van der Waals surface area (Å²) in [6.07, 6.45) is 8.13. The lowest BCUT2D eigenvalue weighted by Gasteiger charge is -2.39. The van der Waals surface area contributed by atoms with Crippen LogP contribution in [0, 0.1) is 11.8 Å². The van der Waals surface area contributed by atoms with E-state index in [2.05, 4.69) is 12.2 Å². The van der Waals surface area contributed by atoms with E-state index in [0.29, 0.717) is 5.92 Å². The van der Waals surface area contributed by atoms with Crippen LogP contribution in [0.25, 0.3) is 0 Å². The van der Waals surface area contributed by atoms with E-state index in [-0.39, 0.29) is 11.5 Å². The third-order valence-corrected chi connectivity index (χ3v) is 4.43. The van der Waals surface area contributed by atoms with Gasteiger partial charge >= 0.3 is 5.97 Å². The molecule has 3 heteroatoms. The zero-order valence-corrected chi connectivity index (χ0v) is 11.1. The van der Waals surface area contributed by atoms with E-state index in [9.17, 15) is 4.79 Å². The van der Waals surface area contributed by atoms with E-state index < -0.39 is 0 Å². The fourth-order valence-electron chi connectivity index (χ4n) is 3.01. The molecule has 0 spiro atoms. The van der Waals surface area contributed by atoms with Gasteiger partial charge in [0.25, 0.3) is 0 Å². The Morgan fingerprint density at radius 1 is 1.35 bits per heavy atom. The Morgan fingerprint density at radius 3 is 2.71 bits per heavy atom. The quantitative estimate of drug-likeness (QED) is 0.749. The lowest BCUT2D eigenvalue weighted by Crippen LogP contribution is -2.56. The summed E-state index contributed by atoms with van der Waals surface area (Å²) < 4.78 is 5.04. The average molecular weight is 239 g/mol. The highest BCUT2D eigenvalue weighted by Gasteiger charge is 2.43. The lowest BCUT2D eigenvalue weighted by molar-refractivity contribution is -0.151. The van der Waals surface area contributed by atoms with E-state index in [1.54, 1.807) is 0 Å². The maximum Gasteiger partial charge on any atom is 0.326 e. The van der Waals surface area contributed by atoms with Gasteiger partial charge in [-0.15, -0.1) is 0 Å². The molecule has 2 saturated carbocycles. The van der Waals surface area contributed by atoms with Crippen LogP contribution in [0.5, 0.6) is 0 Å². The molecule has 98 valence electrons. The van der Waals surface area contributed by atoms with Gasteiger partial charge in [0.1, 0.15) is 5.54 Å². The van der Waals surface area contributed by atoms with Crippen LogP contribution in [0.4, 0.5) is 0 Å². The van der Waals surface area contributed by atoms with Gasteiger partial charge in [-0.05, 0) is 44.1 Å². The molecule has 0 radical (unpaired) electrons. The normalized spacial score (nSPS) is 33.4. The number of methoxy groups -OCH3 is 1. The first-order valence-corrected chi connectivity index (χ1v) is 7.03. The molecule has 2 rings (SSSR count). The minimum absolute atomic E-state index is 0.0451. The summed E-state index contributed by atoms with van der Waals surface area (Å²) in [5.74, 6) is 1.43. The van der Waals surface area contributed by atoms with Crippen LogP contribution >= 0.6 is 0 Å². The van der Waals surface area contributed by atoms with Crippen LogP contribution in [0.15, 0.2) is 0 Å². The standard InChI is InChI=1S/C14H25NO2/c1-3-11-5-4-8-14(9-11,13(16)17-2)15-10-12-6-7-12/h11-12,15H,3-10H2,1-2H3. The van der Waals surface area contributed by atoms with Gasteiger partial charge in [-0.3, -0.25) is 4.79 Å². The number of ether oxygens (including phenoxy) is 1. The van der Waals surface area contributed by atoms with Crippen molar-refractivity contribution in [2.75, 3.05) is 13.7 Å². The molecule has 3 nitrogen and oxygen atoms in total. The lowest BCUT2D eigenvalue weighted by atomic mass is 9.74. The van der Waals surface area contributed by atoms with E-state index >= 15 is 0 Å². The molecule has 0 aromatic carbocycles. The largest absolute Gasteiger partial charge is 0.468 e. The van der Waals surface area contributed by atoms with Gasteiger partial charge in [0, 0.05) is 0 Å². The minimum atomic E-state index is -0.379. The summed E-state index contributed by atoms with van der Waals surface area (Å²) in [4.78, 5) is 12.1. The number of rotatable bonds is 5. The second-order valence-corrected chi connectivity index (χ2v) is 5.77. The van der Waals surface area contributed by atoms with Gasteiger partial charge in [-0.2, -0.15) is 0 Å². The highest BCUT2D eigenvalue weighted by Crippen LogP contribution is 2.36. The average Bonchev–Trinajstić information content (AvgIpc) is 3.19. The Bertz CT molecular complexity index is 275. The molecule has 0 aromatic rings. The van der Waals surface area contributed by atoms with E-state index in [1.807, 2.05) is 0 Å². The number of hydrogen-bond acceptors (Lipinski definition) is 3. The molecular formula is C14H25NO2. The van der Waals surface area contributed by atoms with E-state index in [1.165, 1.54) is 32.8 Å². The Kier molecular flexibility index (Phi) is 4.08. The van der Waals surface area contributed by atoms with Gasteiger partial charge in [-0.25, -0.2) is 0 Å². The van der Waals surface area contributed by atoms with Gasteiger partial charge in [0.05, 0.1) is 7.11 Å². The Labute approximate surface area is 104 Å². The van der Waals surface area contributed by atoms with E-state index in [4.69, 9.17) is 4.74 Å². The Balaban J connectivity index is 2.01. The molecule has 0 bridgehead atoms. The van der Waals surface area contributed by atoms with Crippen molar-refractivity contribution >= 4 is 5.97 Å². The molecule has 0 amide bonds. The summed E-state index contributed by atoms with van der Waals surface area (Å²) in [5.41, 5.74) is -0.379. The summed E-state index contributed by atoms with van der Waals surface area (Å²) in [7, 11) is 1.51. The van der Waals surface area contributed by atoms with Crippen molar-refractivity contribution in [2.45, 2.75) is 57.4 Å². The van der Waals surface area contributed by atoms with Gasteiger partial charge in [0.2, 0.25) is 0 Å². The molecule has 1 N–H and O–H groups in total. The Hall–Kier alpha value is -0.570. The number of nitrogens with one attached hydrogen (secondary N) is 1. The maximum absolute atomic E-state index is 12.1. The molecular weight excluding hydrogens is 214 g/mol. The molecule has 0 aromatic heterocycles. The first-order valence-electron chi connectivity index (χ1n) is 7.03. The van der Waals surface area contributed by atoms with Crippen LogP contribution in [0.3, 0.4) is 0 Å². The second-order valence-electron chi connectivity index (χ2n) is 5.77. The van der Waals surface area contributed by atoms with Crippen LogP contribution in [-0.2, 0) is 9.53 Å². The van der Waals surface area contributed by atoms with Crippen LogP contribution in [0.1, 0.15) is 51.9 Å². The predicted octanol–water partition coefficient (Wildman–Crippen LogP) is 2.50. The number of hydrogen-bond donors (Lipinski definition) is 1. The summed E-state index contributed by atoms with van der Waals surface area (Å²) in [6, 6.07) is 0. The predicted molar refractivity (Wildman–Crippen MR) is 67.7 cm³/mol. The van der Waals surface area contributed by atoms with Crippen LogP contribution < -0.4 is 5.32 Å². The molecule has 2 fully saturated rings. The zero-order chi connectivity index (χ0) is 12.3. The third-order valence-electron chi connectivity index (χ3n) is 4.43. The van der Waals surface area contributed by atoms with Gasteiger partial charge in [0.15, 0.2) is 0 Å². The van der Waals surface area contributed by atoms with Crippen molar-refractivity contribution in [1.82, 2.24) is 5.32 Å². The molecule has 17 heavy (non-hydrogen) atoms. The molecule has 0 heterocycles. The molecule has 2 aliphatic rings. The number of esters is 1. The van der Waals surface area contributed by atoms with Crippen LogP contribution in [-0.4, -0.2) is 25.2 Å². The Morgan fingerprint density at radius 2 is 2.12 bits per heavy atom. The SMILES string of the molecule is CCC1CCCC(NCC2CC2)(C(=O)OC)C1. The van der Waals surface area contributed by atoms with Crippen LogP contribution in [0.2, 0.25) is 0 Å². The maximum atomic E-state index is 12.1. The third kappa shape index (κ3) is 3.01. The van der Waals surface area contributed by atoms with E-state index in [0.717, 1.165) is 31.7 Å². The summed E-state index contributed by atoms with van der Waals surface area (Å²) >= 11 is 0. The van der Waals surface area contributed by atoms with Gasteiger partial charge < -0.3 is 10.1 Å². The highest BCUT2D eigenvalue weighted by molar-refractivity contribution is 5.81. The summed E-state index contributed by atoms with van der Waals surface area (Å²) in [5, 5.41) is 3.54. The topological polar surface area (TPSA) is 38.3 Å². The molecule has 0 aliphatic heterocycles. The smallest absolute Gasteiger partial charge is 0.326 e. The number of carbonyl (C=O) groups excluding carboxylic acids is 1. The number of carbonyl (C=O) groups is 1. The molecule has 2 unspecified atom stereocenters. The highest BCUT2D eigenvalue weighted by atomic mass is 16.5. The fourth-order valence-corrected chi connectivity index (χ4v) is 3.01. The van der Waals surface area contributed by atoms with Crippen molar-refractivity contribution in [2.24, 2.45) is 11.8 Å². The summed E-state index contributed by atoms with van der Waals surface area (Å²) in [6.45, 7) is 3.21.